The molecule has 106 valence electrons. The van der Waals surface area contributed by atoms with E-state index in [1.807, 2.05) is 43.3 Å². The van der Waals surface area contributed by atoms with Crippen LogP contribution in [0.5, 0.6) is 0 Å². The maximum Gasteiger partial charge on any atom is 0.319 e. The van der Waals surface area contributed by atoms with Gasteiger partial charge in [0.2, 0.25) is 0 Å². The van der Waals surface area contributed by atoms with E-state index in [-0.39, 0.29) is 12.6 Å². The Morgan fingerprint density at radius 1 is 1.19 bits per heavy atom. The van der Waals surface area contributed by atoms with Crippen molar-refractivity contribution < 1.29 is 4.79 Å². The van der Waals surface area contributed by atoms with Crippen molar-refractivity contribution in [3.05, 3.63) is 64.7 Å². The van der Waals surface area contributed by atoms with Gasteiger partial charge < -0.3 is 10.6 Å². The van der Waals surface area contributed by atoms with Crippen LogP contribution in [0.25, 0.3) is 0 Å². The number of amides is 2. The van der Waals surface area contributed by atoms with Crippen LogP contribution in [-0.2, 0) is 0 Å². The summed E-state index contributed by atoms with van der Waals surface area (Å²) in [5.74, 6) is 5.81. The fraction of sp³-hybridized carbons (Fsp3) is 0.118. The third-order valence-electron chi connectivity index (χ3n) is 2.70. The number of urea groups is 1. The predicted octanol–water partition coefficient (Wildman–Crippen LogP) is 3.82. The molecule has 2 aromatic rings. The van der Waals surface area contributed by atoms with E-state index in [9.17, 15) is 4.79 Å². The first kappa shape index (κ1) is 15.0. The fourth-order valence-electron chi connectivity index (χ4n) is 1.65. The third kappa shape index (κ3) is 5.21. The van der Waals surface area contributed by atoms with Crippen LogP contribution in [0.15, 0.2) is 48.5 Å². The number of rotatable bonds is 2. The highest BCUT2D eigenvalue weighted by molar-refractivity contribution is 6.30. The van der Waals surface area contributed by atoms with Crippen molar-refractivity contribution in [1.82, 2.24) is 5.32 Å². The number of halogens is 1. The summed E-state index contributed by atoms with van der Waals surface area (Å²) in [6, 6.07) is 14.6. The van der Waals surface area contributed by atoms with E-state index in [1.165, 1.54) is 0 Å². The van der Waals surface area contributed by atoms with Gasteiger partial charge >= 0.3 is 6.03 Å². The molecule has 0 aromatic heterocycles. The molecule has 2 N–H and O–H groups in total. The first-order chi connectivity index (χ1) is 10.1. The van der Waals surface area contributed by atoms with E-state index in [4.69, 9.17) is 11.6 Å². The molecule has 21 heavy (non-hydrogen) atoms. The zero-order valence-corrected chi connectivity index (χ0v) is 12.4. The highest BCUT2D eigenvalue weighted by Gasteiger charge is 1.98. The molecular weight excluding hydrogens is 284 g/mol. The standard InChI is InChI=1S/C17H15ClN2O/c1-13-7-9-16(10-8-13)20-17(21)19-11-3-5-14-4-2-6-15(18)12-14/h2,4,6-10,12H,11H2,1H3,(H2,19,20,21). The zero-order valence-electron chi connectivity index (χ0n) is 11.6. The first-order valence-corrected chi connectivity index (χ1v) is 6.87. The van der Waals surface area contributed by atoms with E-state index < -0.39 is 0 Å². The molecule has 0 saturated heterocycles. The summed E-state index contributed by atoms with van der Waals surface area (Å²) < 4.78 is 0. The Morgan fingerprint density at radius 3 is 2.67 bits per heavy atom. The minimum absolute atomic E-state index is 0.268. The Balaban J connectivity index is 1.81. The normalized spacial score (nSPS) is 9.43. The largest absolute Gasteiger partial charge is 0.327 e. The predicted molar refractivity (Wildman–Crippen MR) is 86.5 cm³/mol. The van der Waals surface area contributed by atoms with Gasteiger partial charge in [-0.3, -0.25) is 0 Å². The smallest absolute Gasteiger partial charge is 0.319 e. The van der Waals surface area contributed by atoms with Crippen LogP contribution in [0.2, 0.25) is 5.02 Å². The molecule has 4 heteroatoms. The molecular formula is C17H15ClN2O. The monoisotopic (exact) mass is 298 g/mol. The number of benzene rings is 2. The second-order valence-electron chi connectivity index (χ2n) is 4.49. The third-order valence-corrected chi connectivity index (χ3v) is 2.94. The molecule has 0 aliphatic carbocycles. The van der Waals surface area contributed by atoms with E-state index >= 15 is 0 Å². The second kappa shape index (κ2) is 7.37. The van der Waals surface area contributed by atoms with E-state index in [0.29, 0.717) is 5.02 Å². The Morgan fingerprint density at radius 2 is 1.95 bits per heavy atom. The molecule has 0 aliphatic rings. The summed E-state index contributed by atoms with van der Waals surface area (Å²) in [7, 11) is 0. The van der Waals surface area contributed by atoms with Gasteiger partial charge in [0.15, 0.2) is 0 Å². The molecule has 0 aliphatic heterocycles. The number of carbonyl (C=O) groups excluding carboxylic acids is 1. The van der Waals surface area contributed by atoms with Gasteiger partial charge in [-0.05, 0) is 37.3 Å². The molecule has 0 saturated carbocycles. The van der Waals surface area contributed by atoms with Gasteiger partial charge in [0, 0.05) is 16.3 Å². The van der Waals surface area contributed by atoms with Gasteiger partial charge in [0.25, 0.3) is 0 Å². The average Bonchev–Trinajstić information content (AvgIpc) is 2.46. The summed E-state index contributed by atoms with van der Waals surface area (Å²) in [6.45, 7) is 2.26. The van der Waals surface area contributed by atoms with E-state index in [0.717, 1.165) is 16.8 Å². The molecule has 0 fully saturated rings. The van der Waals surface area contributed by atoms with Gasteiger partial charge in [0.1, 0.15) is 0 Å². The lowest BCUT2D eigenvalue weighted by Gasteiger charge is -2.05. The number of nitrogens with one attached hydrogen (secondary N) is 2. The van der Waals surface area contributed by atoms with Gasteiger partial charge in [-0.15, -0.1) is 0 Å². The van der Waals surface area contributed by atoms with Crippen molar-refractivity contribution in [2.24, 2.45) is 0 Å². The number of aryl methyl sites for hydroxylation is 1. The fourth-order valence-corrected chi connectivity index (χ4v) is 1.84. The molecule has 0 heterocycles. The number of carbonyl (C=O) groups is 1. The molecule has 2 rings (SSSR count). The molecule has 0 bridgehead atoms. The minimum Gasteiger partial charge on any atom is -0.327 e. The summed E-state index contributed by atoms with van der Waals surface area (Å²) in [5, 5.41) is 6.06. The summed E-state index contributed by atoms with van der Waals surface area (Å²) >= 11 is 5.86. The van der Waals surface area contributed by atoms with Gasteiger partial charge in [-0.25, -0.2) is 4.79 Å². The van der Waals surface area contributed by atoms with Crippen LogP contribution >= 0.6 is 11.6 Å². The molecule has 2 aromatic carbocycles. The van der Waals surface area contributed by atoms with Crippen LogP contribution in [-0.4, -0.2) is 12.6 Å². The molecule has 0 atom stereocenters. The van der Waals surface area contributed by atoms with Crippen LogP contribution in [0.3, 0.4) is 0 Å². The molecule has 0 radical (unpaired) electrons. The number of hydrogen-bond acceptors (Lipinski definition) is 1. The molecule has 3 nitrogen and oxygen atoms in total. The van der Waals surface area contributed by atoms with E-state index in [2.05, 4.69) is 22.5 Å². The van der Waals surface area contributed by atoms with Crippen molar-refractivity contribution in [1.29, 1.82) is 0 Å². The zero-order chi connectivity index (χ0) is 15.1. The minimum atomic E-state index is -0.278. The lowest BCUT2D eigenvalue weighted by atomic mass is 10.2. The van der Waals surface area contributed by atoms with Crippen LogP contribution in [0.1, 0.15) is 11.1 Å². The average molecular weight is 299 g/mol. The van der Waals surface area contributed by atoms with E-state index in [1.54, 1.807) is 12.1 Å². The lowest BCUT2D eigenvalue weighted by molar-refractivity contribution is 0.253. The molecule has 0 unspecified atom stereocenters. The second-order valence-corrected chi connectivity index (χ2v) is 4.92. The van der Waals surface area contributed by atoms with Crippen LogP contribution in [0.4, 0.5) is 10.5 Å². The Kier molecular flexibility index (Phi) is 5.25. The Bertz CT molecular complexity index is 684. The number of hydrogen-bond donors (Lipinski definition) is 2. The maximum absolute atomic E-state index is 11.7. The summed E-state index contributed by atoms with van der Waals surface area (Å²) in [6.07, 6.45) is 0. The highest BCUT2D eigenvalue weighted by atomic mass is 35.5. The van der Waals surface area contributed by atoms with Crippen LogP contribution < -0.4 is 10.6 Å². The topological polar surface area (TPSA) is 41.1 Å². The summed E-state index contributed by atoms with van der Waals surface area (Å²) in [4.78, 5) is 11.7. The summed E-state index contributed by atoms with van der Waals surface area (Å²) in [5.41, 5.74) is 2.72. The van der Waals surface area contributed by atoms with Crippen molar-refractivity contribution in [2.45, 2.75) is 6.92 Å². The van der Waals surface area contributed by atoms with Crippen molar-refractivity contribution in [2.75, 3.05) is 11.9 Å². The quantitative estimate of drug-likeness (QED) is 0.813. The first-order valence-electron chi connectivity index (χ1n) is 6.49. The van der Waals surface area contributed by atoms with Crippen molar-refractivity contribution in [3.8, 4) is 11.8 Å². The Labute approximate surface area is 129 Å². The van der Waals surface area contributed by atoms with Gasteiger partial charge in [-0.1, -0.05) is 47.2 Å². The maximum atomic E-state index is 11.7. The Hall–Kier alpha value is -2.44. The number of anilines is 1. The highest BCUT2D eigenvalue weighted by Crippen LogP contribution is 2.09. The lowest BCUT2D eigenvalue weighted by Crippen LogP contribution is -2.28. The van der Waals surface area contributed by atoms with Gasteiger partial charge in [-0.2, -0.15) is 0 Å². The molecule has 0 spiro atoms. The molecule has 2 amide bonds. The van der Waals surface area contributed by atoms with Crippen molar-refractivity contribution >= 4 is 23.3 Å². The van der Waals surface area contributed by atoms with Gasteiger partial charge in [0.05, 0.1) is 6.54 Å². The SMILES string of the molecule is Cc1ccc(NC(=O)NCC#Cc2cccc(Cl)c2)cc1. The van der Waals surface area contributed by atoms with Crippen LogP contribution in [0, 0.1) is 18.8 Å². The van der Waals surface area contributed by atoms with Crippen molar-refractivity contribution in [3.63, 3.8) is 0 Å².